The molecule has 3 aromatic rings. The van der Waals surface area contributed by atoms with E-state index in [9.17, 15) is 13.4 Å². The van der Waals surface area contributed by atoms with Crippen LogP contribution >= 0.6 is 0 Å². The van der Waals surface area contributed by atoms with E-state index < -0.39 is 11.3 Å². The summed E-state index contributed by atoms with van der Waals surface area (Å²) in [7, 11) is 0. The van der Waals surface area contributed by atoms with Gasteiger partial charge in [-0.15, -0.1) is 5.10 Å². The highest BCUT2D eigenvalue weighted by Gasteiger charge is 2.26. The van der Waals surface area contributed by atoms with Crippen LogP contribution in [0, 0.1) is 11.7 Å². The average molecular weight is 416 g/mol. The van der Waals surface area contributed by atoms with Crippen molar-refractivity contribution in [1.29, 1.82) is 0 Å². The summed E-state index contributed by atoms with van der Waals surface area (Å²) in [6.45, 7) is 1.99. The maximum Gasteiger partial charge on any atom is 0.279 e. The molecular formula is C20H21FN4O3S. The van der Waals surface area contributed by atoms with Gasteiger partial charge in [-0.25, -0.2) is 13.3 Å². The number of benzene rings is 2. The maximum absolute atomic E-state index is 13.3. The van der Waals surface area contributed by atoms with Gasteiger partial charge in [0.05, 0.1) is 11.1 Å². The fraction of sp³-hybridized carbons (Fsp3) is 0.300. The zero-order chi connectivity index (χ0) is 20.4. The molecule has 152 valence electrons. The lowest BCUT2D eigenvalue weighted by Crippen LogP contribution is -2.28. The quantitative estimate of drug-likeness (QED) is 0.603. The molecule has 2 N–H and O–H groups in total. The van der Waals surface area contributed by atoms with Gasteiger partial charge in [0, 0.05) is 25.0 Å². The van der Waals surface area contributed by atoms with Crippen LogP contribution in [0.15, 0.2) is 53.3 Å². The Kier molecular flexibility index (Phi) is 5.70. The van der Waals surface area contributed by atoms with Crippen molar-refractivity contribution in [2.75, 3.05) is 24.5 Å². The number of nitrogens with zero attached hydrogens (tertiary/aromatic N) is 3. The highest BCUT2D eigenvalue weighted by atomic mass is 32.2. The molecule has 0 amide bonds. The van der Waals surface area contributed by atoms with Gasteiger partial charge in [-0.3, -0.25) is 9.35 Å². The van der Waals surface area contributed by atoms with Crippen LogP contribution in [0.2, 0.25) is 0 Å². The predicted octanol–water partition coefficient (Wildman–Crippen LogP) is 2.47. The van der Waals surface area contributed by atoms with E-state index in [2.05, 4.69) is 14.7 Å². The monoisotopic (exact) mass is 416 g/mol. The number of halogens is 1. The van der Waals surface area contributed by atoms with Crippen molar-refractivity contribution in [3.63, 3.8) is 0 Å². The van der Waals surface area contributed by atoms with E-state index in [0.717, 1.165) is 31.3 Å². The molecule has 0 spiro atoms. The van der Waals surface area contributed by atoms with Gasteiger partial charge in [0.15, 0.2) is 5.82 Å². The minimum Gasteiger partial charge on any atom is -0.354 e. The lowest BCUT2D eigenvalue weighted by molar-refractivity contribution is 0.512. The van der Waals surface area contributed by atoms with Gasteiger partial charge < -0.3 is 4.90 Å². The molecule has 9 heteroatoms. The Balaban J connectivity index is 1.69. The van der Waals surface area contributed by atoms with Gasteiger partial charge in [0.25, 0.3) is 5.56 Å². The maximum atomic E-state index is 13.3. The van der Waals surface area contributed by atoms with Crippen LogP contribution in [0.3, 0.4) is 0 Å². The average Bonchev–Trinajstić information content (AvgIpc) is 3.18. The van der Waals surface area contributed by atoms with E-state index in [1.807, 2.05) is 18.2 Å². The van der Waals surface area contributed by atoms with E-state index in [1.54, 1.807) is 6.07 Å². The Bertz CT molecular complexity index is 1100. The standard InChI is InChI=1S/C20H21FN4O3S/c21-15-5-7-16(8-6-15)25-20(26)18-4-2-1-3-17(18)19(23-25)24-12-10-14(13-24)9-11-22-29(27)28/h1-8,14,22H,9-13H2,(H,27,28). The largest absolute Gasteiger partial charge is 0.354 e. The molecule has 0 saturated carbocycles. The van der Waals surface area contributed by atoms with Gasteiger partial charge in [-0.2, -0.15) is 4.68 Å². The van der Waals surface area contributed by atoms with Crippen LogP contribution in [0.4, 0.5) is 10.2 Å². The molecule has 2 heterocycles. The first-order valence-corrected chi connectivity index (χ1v) is 10.5. The van der Waals surface area contributed by atoms with Gasteiger partial charge in [0.1, 0.15) is 5.82 Å². The second kappa shape index (κ2) is 8.40. The highest BCUT2D eigenvalue weighted by molar-refractivity contribution is 7.77. The molecule has 7 nitrogen and oxygen atoms in total. The first-order valence-electron chi connectivity index (χ1n) is 9.40. The number of anilines is 1. The normalized spacial score (nSPS) is 17.7. The Morgan fingerprint density at radius 3 is 2.62 bits per heavy atom. The minimum atomic E-state index is -2.00. The molecule has 2 aromatic carbocycles. The summed E-state index contributed by atoms with van der Waals surface area (Å²) >= 11 is -2.00. The minimum absolute atomic E-state index is 0.249. The summed E-state index contributed by atoms with van der Waals surface area (Å²) in [4.78, 5) is 15.1. The van der Waals surface area contributed by atoms with E-state index in [0.29, 0.717) is 29.4 Å². The fourth-order valence-corrected chi connectivity index (χ4v) is 4.07. The lowest BCUT2D eigenvalue weighted by Gasteiger charge is -2.21. The summed E-state index contributed by atoms with van der Waals surface area (Å²) in [6, 6.07) is 13.0. The number of hydrogen-bond donors (Lipinski definition) is 2. The van der Waals surface area contributed by atoms with Crippen molar-refractivity contribution in [2.24, 2.45) is 5.92 Å². The zero-order valence-corrected chi connectivity index (χ0v) is 16.4. The van der Waals surface area contributed by atoms with Crippen LogP contribution in [0.5, 0.6) is 0 Å². The summed E-state index contributed by atoms with van der Waals surface area (Å²) in [5.41, 5.74) is 0.259. The highest BCUT2D eigenvalue weighted by Crippen LogP contribution is 2.29. The molecule has 2 unspecified atom stereocenters. The van der Waals surface area contributed by atoms with Crippen LogP contribution in [0.1, 0.15) is 12.8 Å². The first kappa shape index (κ1) is 19.7. The Labute approximate surface area is 169 Å². The molecule has 1 fully saturated rings. The molecule has 29 heavy (non-hydrogen) atoms. The third-order valence-corrected chi connectivity index (χ3v) is 5.67. The lowest BCUT2D eigenvalue weighted by atomic mass is 10.1. The summed E-state index contributed by atoms with van der Waals surface area (Å²) < 4.78 is 36.8. The smallest absolute Gasteiger partial charge is 0.279 e. The second-order valence-electron chi connectivity index (χ2n) is 7.10. The van der Waals surface area contributed by atoms with Crippen molar-refractivity contribution in [2.45, 2.75) is 12.8 Å². The molecule has 1 saturated heterocycles. The van der Waals surface area contributed by atoms with E-state index in [-0.39, 0.29) is 11.4 Å². The summed E-state index contributed by atoms with van der Waals surface area (Å²) in [5.74, 6) is 0.700. The van der Waals surface area contributed by atoms with Crippen LogP contribution in [0.25, 0.3) is 16.5 Å². The number of rotatable bonds is 6. The molecule has 1 aliphatic heterocycles. The SMILES string of the molecule is O=c1c2ccccc2c(N2CCC(CCNS(=O)O)C2)nn1-c1ccc(F)cc1. The molecular weight excluding hydrogens is 395 g/mol. The predicted molar refractivity (Wildman–Crippen MR) is 111 cm³/mol. The van der Waals surface area contributed by atoms with E-state index in [1.165, 1.54) is 28.9 Å². The van der Waals surface area contributed by atoms with Crippen molar-refractivity contribution >= 4 is 27.9 Å². The van der Waals surface area contributed by atoms with Gasteiger partial charge in [-0.1, -0.05) is 18.2 Å². The van der Waals surface area contributed by atoms with Crippen LogP contribution in [-0.2, 0) is 11.3 Å². The van der Waals surface area contributed by atoms with Gasteiger partial charge in [-0.05, 0) is 49.1 Å². The number of aromatic nitrogens is 2. The van der Waals surface area contributed by atoms with Crippen LogP contribution < -0.4 is 15.2 Å². The zero-order valence-electron chi connectivity index (χ0n) is 15.6. The molecule has 0 radical (unpaired) electrons. The van der Waals surface area contributed by atoms with E-state index >= 15 is 0 Å². The first-order chi connectivity index (χ1) is 14.0. The Morgan fingerprint density at radius 2 is 1.90 bits per heavy atom. The third kappa shape index (κ3) is 4.21. The number of hydrogen-bond acceptors (Lipinski definition) is 4. The molecule has 1 aliphatic rings. The number of nitrogens with one attached hydrogen (secondary N) is 1. The van der Waals surface area contributed by atoms with Crippen LogP contribution in [-0.4, -0.2) is 38.2 Å². The van der Waals surface area contributed by atoms with Crippen molar-refractivity contribution in [1.82, 2.24) is 14.5 Å². The van der Waals surface area contributed by atoms with E-state index in [4.69, 9.17) is 4.55 Å². The van der Waals surface area contributed by atoms with Gasteiger partial charge in [0.2, 0.25) is 11.3 Å². The molecule has 0 bridgehead atoms. The second-order valence-corrected chi connectivity index (χ2v) is 7.88. The summed E-state index contributed by atoms with van der Waals surface area (Å²) in [6.07, 6.45) is 1.71. The molecule has 0 aliphatic carbocycles. The Morgan fingerprint density at radius 1 is 1.17 bits per heavy atom. The molecule has 1 aromatic heterocycles. The number of fused-ring (bicyclic) bond motifs is 1. The Hall–Kier alpha value is -2.62. The summed E-state index contributed by atoms with van der Waals surface area (Å²) in [5, 5.41) is 5.97. The molecule has 2 atom stereocenters. The third-order valence-electron chi connectivity index (χ3n) is 5.22. The topological polar surface area (TPSA) is 87.5 Å². The van der Waals surface area contributed by atoms with Gasteiger partial charge >= 0.3 is 0 Å². The fourth-order valence-electron chi connectivity index (χ4n) is 3.77. The molecule has 4 rings (SSSR count). The van der Waals surface area contributed by atoms with Crippen molar-refractivity contribution in [3.05, 3.63) is 64.7 Å². The van der Waals surface area contributed by atoms with Crippen molar-refractivity contribution < 1.29 is 13.2 Å². The van der Waals surface area contributed by atoms with Crippen molar-refractivity contribution in [3.8, 4) is 5.69 Å².